The van der Waals surface area contributed by atoms with Gasteiger partial charge in [0.05, 0.1) is 17.6 Å². The zero-order chi connectivity index (χ0) is 13.1. The molecule has 2 rings (SSSR count). The highest BCUT2D eigenvalue weighted by Crippen LogP contribution is 2.26. The van der Waals surface area contributed by atoms with Crippen LogP contribution in [0.1, 0.15) is 6.92 Å². The molecular weight excluding hydrogens is 259 g/mol. The van der Waals surface area contributed by atoms with Crippen LogP contribution in [-0.2, 0) is 4.79 Å². The number of fused-ring (bicyclic) bond motifs is 1. The quantitative estimate of drug-likeness (QED) is 0.816. The van der Waals surface area contributed by atoms with Crippen LogP contribution in [0, 0.1) is 0 Å². The molecule has 0 saturated carbocycles. The molecule has 7 heteroatoms. The molecule has 1 aromatic carbocycles. The average molecular weight is 270 g/mol. The number of aromatic amines is 1. The highest BCUT2D eigenvalue weighted by Gasteiger charge is 2.19. The van der Waals surface area contributed by atoms with E-state index in [1.165, 1.54) is 0 Å². The first kappa shape index (κ1) is 12.7. The molecule has 1 unspecified atom stereocenters. The summed E-state index contributed by atoms with van der Waals surface area (Å²) in [6.07, 6.45) is 0. The number of thioether (sulfide) groups is 1. The van der Waals surface area contributed by atoms with Crippen LogP contribution in [0.25, 0.3) is 11.0 Å². The summed E-state index contributed by atoms with van der Waals surface area (Å²) in [5.74, 6) is -0.837. The Kier molecular flexibility index (Phi) is 3.71. The molecule has 1 atom stereocenters. The lowest BCUT2D eigenvalue weighted by molar-refractivity contribution is -0.139. The van der Waals surface area contributed by atoms with Crippen molar-refractivity contribution in [1.29, 1.82) is 0 Å². The predicted octanol–water partition coefficient (Wildman–Crippen LogP) is 2.43. The number of imidazole rings is 1. The number of hydrogen-bond donors (Lipinski definition) is 2. The minimum atomic E-state index is -2.03. The van der Waals surface area contributed by atoms with Gasteiger partial charge in [-0.2, -0.15) is 0 Å². The van der Waals surface area contributed by atoms with Gasteiger partial charge in [-0.05, 0) is 30.8 Å². The number of aliphatic carboxylic acids is 1. The lowest BCUT2D eigenvalue weighted by Crippen LogP contribution is -2.09. The predicted molar refractivity (Wildman–Crippen MR) is 65.7 cm³/mol. The molecule has 2 N–H and O–H groups in total. The van der Waals surface area contributed by atoms with Crippen molar-refractivity contribution in [3.63, 3.8) is 0 Å². The van der Waals surface area contributed by atoms with Gasteiger partial charge < -0.3 is 14.8 Å². The van der Waals surface area contributed by atoms with Gasteiger partial charge >= 0.3 is 5.97 Å². The number of nitrogens with one attached hydrogen (secondary N) is 1. The van der Waals surface area contributed by atoms with Gasteiger partial charge in [0.2, 0.25) is 5.50 Å². The molecule has 1 heterocycles. The molecule has 0 spiro atoms. The first-order valence-electron chi connectivity index (χ1n) is 5.26. The van der Waals surface area contributed by atoms with E-state index < -0.39 is 11.5 Å². The summed E-state index contributed by atoms with van der Waals surface area (Å²) in [7, 11) is 0. The Morgan fingerprint density at radius 3 is 3.11 bits per heavy atom. The third-order valence-electron chi connectivity index (χ3n) is 2.15. The summed E-state index contributed by atoms with van der Waals surface area (Å²) in [6, 6.07) is 5.23. The summed E-state index contributed by atoms with van der Waals surface area (Å²) in [6.45, 7) is 2.42. The number of carboxylic acid groups (broad SMARTS) is 1. The summed E-state index contributed by atoms with van der Waals surface area (Å²) < 4.78 is 18.3. The molecule has 0 saturated heterocycles. The van der Waals surface area contributed by atoms with Crippen LogP contribution in [0.4, 0.5) is 4.39 Å². The van der Waals surface area contributed by atoms with Gasteiger partial charge in [0.25, 0.3) is 0 Å². The molecule has 2 aromatic rings. The van der Waals surface area contributed by atoms with Crippen LogP contribution in [0.15, 0.2) is 23.4 Å². The normalized spacial score (nSPS) is 12.6. The van der Waals surface area contributed by atoms with Crippen LogP contribution < -0.4 is 4.74 Å². The van der Waals surface area contributed by atoms with Crippen molar-refractivity contribution in [2.75, 3.05) is 6.61 Å². The molecule has 0 bridgehead atoms. The fourth-order valence-electron chi connectivity index (χ4n) is 1.43. The maximum atomic E-state index is 13.0. The summed E-state index contributed by atoms with van der Waals surface area (Å²) in [4.78, 5) is 17.3. The molecule has 0 aliphatic heterocycles. The van der Waals surface area contributed by atoms with E-state index in [0.29, 0.717) is 35.2 Å². The monoisotopic (exact) mass is 270 g/mol. The van der Waals surface area contributed by atoms with E-state index in [1.54, 1.807) is 18.2 Å². The third-order valence-corrected chi connectivity index (χ3v) is 2.98. The fourth-order valence-corrected chi connectivity index (χ4v) is 2.04. The van der Waals surface area contributed by atoms with Crippen molar-refractivity contribution in [3.05, 3.63) is 18.2 Å². The maximum Gasteiger partial charge on any atom is 0.349 e. The summed E-state index contributed by atoms with van der Waals surface area (Å²) >= 11 is 0.523. The van der Waals surface area contributed by atoms with E-state index in [1.807, 2.05) is 6.92 Å². The number of carboxylic acids is 1. The Morgan fingerprint density at radius 1 is 1.67 bits per heavy atom. The van der Waals surface area contributed by atoms with E-state index in [0.717, 1.165) is 0 Å². The molecule has 0 aliphatic carbocycles. The standard InChI is InChI=1S/C11H11FN2O3S/c1-2-17-6-3-4-7-8(5-6)14-11(13-7)18-9(12)10(15)16/h3-5,9H,2H2,1H3,(H,13,14)(H,15,16). The van der Waals surface area contributed by atoms with Crippen molar-refractivity contribution in [2.24, 2.45) is 0 Å². The number of H-pyrrole nitrogens is 1. The molecule has 0 radical (unpaired) electrons. The highest BCUT2D eigenvalue weighted by atomic mass is 32.2. The Bertz CT molecular complexity index is 572. The van der Waals surface area contributed by atoms with Gasteiger partial charge in [-0.25, -0.2) is 14.2 Å². The Labute approximate surface area is 106 Å². The zero-order valence-electron chi connectivity index (χ0n) is 9.51. The van der Waals surface area contributed by atoms with Crippen molar-refractivity contribution in [3.8, 4) is 5.75 Å². The second kappa shape index (κ2) is 5.26. The molecule has 0 fully saturated rings. The molecule has 96 valence electrons. The SMILES string of the molecule is CCOc1ccc2nc(SC(F)C(=O)O)[nH]c2c1. The average Bonchev–Trinajstić information content (AvgIpc) is 2.70. The molecule has 18 heavy (non-hydrogen) atoms. The van der Waals surface area contributed by atoms with Crippen molar-refractivity contribution in [2.45, 2.75) is 17.6 Å². The summed E-state index contributed by atoms with van der Waals surface area (Å²) in [5.41, 5.74) is -0.712. The van der Waals surface area contributed by atoms with Crippen molar-refractivity contribution in [1.82, 2.24) is 9.97 Å². The van der Waals surface area contributed by atoms with E-state index in [4.69, 9.17) is 9.84 Å². The molecular formula is C11H11FN2O3S. The molecule has 0 amide bonds. The van der Waals surface area contributed by atoms with E-state index in [9.17, 15) is 9.18 Å². The minimum Gasteiger partial charge on any atom is -0.494 e. The van der Waals surface area contributed by atoms with Crippen LogP contribution >= 0.6 is 11.8 Å². The number of carbonyl (C=O) groups is 1. The van der Waals surface area contributed by atoms with Gasteiger partial charge in [0.15, 0.2) is 5.16 Å². The number of ether oxygens (including phenoxy) is 1. The molecule has 0 aliphatic rings. The van der Waals surface area contributed by atoms with Gasteiger partial charge in [-0.15, -0.1) is 0 Å². The zero-order valence-corrected chi connectivity index (χ0v) is 10.3. The van der Waals surface area contributed by atoms with Crippen LogP contribution in [0.2, 0.25) is 0 Å². The first-order chi connectivity index (χ1) is 8.60. The molecule has 5 nitrogen and oxygen atoms in total. The number of hydrogen-bond acceptors (Lipinski definition) is 4. The Balaban J connectivity index is 2.24. The Hall–Kier alpha value is -1.76. The van der Waals surface area contributed by atoms with Crippen LogP contribution in [0.3, 0.4) is 0 Å². The lowest BCUT2D eigenvalue weighted by Gasteiger charge is -2.00. The first-order valence-corrected chi connectivity index (χ1v) is 6.14. The minimum absolute atomic E-state index is 0.230. The summed E-state index contributed by atoms with van der Waals surface area (Å²) in [5, 5.41) is 8.70. The van der Waals surface area contributed by atoms with Gasteiger partial charge in [0, 0.05) is 6.07 Å². The molecule has 1 aromatic heterocycles. The number of alkyl halides is 1. The van der Waals surface area contributed by atoms with E-state index in [2.05, 4.69) is 9.97 Å². The second-order valence-corrected chi connectivity index (χ2v) is 4.46. The van der Waals surface area contributed by atoms with Crippen molar-refractivity contribution < 1.29 is 19.0 Å². The third kappa shape index (κ3) is 2.73. The van der Waals surface area contributed by atoms with E-state index in [-0.39, 0.29) is 5.16 Å². The number of nitrogens with zero attached hydrogens (tertiary/aromatic N) is 1. The smallest absolute Gasteiger partial charge is 0.349 e. The van der Waals surface area contributed by atoms with Crippen molar-refractivity contribution >= 4 is 28.8 Å². The van der Waals surface area contributed by atoms with Crippen LogP contribution in [0.5, 0.6) is 5.75 Å². The number of benzene rings is 1. The number of halogens is 1. The van der Waals surface area contributed by atoms with Crippen LogP contribution in [-0.4, -0.2) is 33.2 Å². The highest BCUT2D eigenvalue weighted by molar-refractivity contribution is 8.00. The number of rotatable bonds is 5. The van der Waals surface area contributed by atoms with Gasteiger partial charge in [0.1, 0.15) is 5.75 Å². The van der Waals surface area contributed by atoms with Gasteiger partial charge in [-0.3, -0.25) is 0 Å². The second-order valence-electron chi connectivity index (χ2n) is 3.43. The fraction of sp³-hybridized carbons (Fsp3) is 0.273. The largest absolute Gasteiger partial charge is 0.494 e. The van der Waals surface area contributed by atoms with E-state index >= 15 is 0 Å². The number of aromatic nitrogens is 2. The maximum absolute atomic E-state index is 13.0. The Morgan fingerprint density at radius 2 is 2.44 bits per heavy atom. The lowest BCUT2D eigenvalue weighted by atomic mass is 10.3. The topological polar surface area (TPSA) is 75.2 Å². The van der Waals surface area contributed by atoms with Gasteiger partial charge in [-0.1, -0.05) is 0 Å².